The lowest BCUT2D eigenvalue weighted by Crippen LogP contribution is -2.24. The molecule has 1 aromatic carbocycles. The monoisotopic (exact) mass is 371 g/mol. The van der Waals surface area contributed by atoms with E-state index in [2.05, 4.69) is 41.8 Å². The Balaban J connectivity index is 1.96. The highest BCUT2D eigenvalue weighted by Gasteiger charge is 2.14. The molecule has 7 heteroatoms. The Bertz CT molecular complexity index is 811. The van der Waals surface area contributed by atoms with Crippen molar-refractivity contribution in [2.75, 3.05) is 17.7 Å². The minimum Gasteiger partial charge on any atom is -0.341 e. The van der Waals surface area contributed by atoms with Gasteiger partial charge in [-0.15, -0.1) is 0 Å². The smallest absolute Gasteiger partial charge is 0.318 e. The lowest BCUT2D eigenvalue weighted by molar-refractivity contribution is -0.116. The van der Waals surface area contributed by atoms with Gasteiger partial charge in [-0.1, -0.05) is 19.9 Å². The van der Waals surface area contributed by atoms with Crippen LogP contribution in [0.3, 0.4) is 0 Å². The zero-order valence-electron chi connectivity index (χ0n) is 16.7. The number of rotatable bonds is 7. The average molecular weight is 371 g/mol. The first-order valence-corrected chi connectivity index (χ1v) is 9.21. The maximum atomic E-state index is 12.3. The van der Waals surface area contributed by atoms with Crippen molar-refractivity contribution in [2.45, 2.75) is 47.1 Å². The Morgan fingerprint density at radius 3 is 2.44 bits per heavy atom. The van der Waals surface area contributed by atoms with Gasteiger partial charge in [-0.2, -0.15) is 5.10 Å². The highest BCUT2D eigenvalue weighted by Crippen LogP contribution is 2.18. The van der Waals surface area contributed by atoms with Gasteiger partial charge in [0.1, 0.15) is 0 Å². The summed E-state index contributed by atoms with van der Waals surface area (Å²) in [4.78, 5) is 23.7. The van der Waals surface area contributed by atoms with Crippen molar-refractivity contribution in [1.29, 1.82) is 0 Å². The largest absolute Gasteiger partial charge is 0.341 e. The minimum atomic E-state index is -0.303. The molecule has 0 atom stereocenters. The molecule has 2 aromatic rings. The fourth-order valence-corrected chi connectivity index (χ4v) is 2.95. The summed E-state index contributed by atoms with van der Waals surface area (Å²) < 4.78 is 2.03. The van der Waals surface area contributed by atoms with Gasteiger partial charge in [-0.05, 0) is 49.9 Å². The molecule has 146 valence electrons. The van der Waals surface area contributed by atoms with Crippen molar-refractivity contribution in [1.82, 2.24) is 15.1 Å². The SMILES string of the molecule is CNC(=O)Nc1cccc(NC(=O)CCc2c(C)nn(CC(C)C)c2C)c1. The number of hydrogen-bond acceptors (Lipinski definition) is 3. The van der Waals surface area contributed by atoms with Crippen LogP contribution in [-0.2, 0) is 17.8 Å². The summed E-state index contributed by atoms with van der Waals surface area (Å²) in [6, 6.07) is 6.77. The van der Waals surface area contributed by atoms with Crippen LogP contribution in [0.5, 0.6) is 0 Å². The van der Waals surface area contributed by atoms with Gasteiger partial charge in [0.05, 0.1) is 5.69 Å². The molecule has 1 aromatic heterocycles. The summed E-state index contributed by atoms with van der Waals surface area (Å²) in [5, 5.41) is 12.7. The molecule has 0 saturated heterocycles. The maximum absolute atomic E-state index is 12.3. The van der Waals surface area contributed by atoms with E-state index in [1.165, 1.54) is 0 Å². The second-order valence-corrected chi connectivity index (χ2v) is 7.06. The fourth-order valence-electron chi connectivity index (χ4n) is 2.95. The molecule has 0 aliphatic rings. The third-order valence-electron chi connectivity index (χ3n) is 4.30. The van der Waals surface area contributed by atoms with Gasteiger partial charge in [-0.25, -0.2) is 4.79 Å². The van der Waals surface area contributed by atoms with Crippen LogP contribution >= 0.6 is 0 Å². The number of nitrogens with one attached hydrogen (secondary N) is 3. The van der Waals surface area contributed by atoms with Crippen LogP contribution < -0.4 is 16.0 Å². The van der Waals surface area contributed by atoms with Crippen molar-refractivity contribution < 1.29 is 9.59 Å². The van der Waals surface area contributed by atoms with E-state index in [0.29, 0.717) is 30.1 Å². The number of hydrogen-bond donors (Lipinski definition) is 3. The second kappa shape index (κ2) is 9.21. The number of urea groups is 1. The number of anilines is 2. The molecule has 0 aliphatic heterocycles. The molecule has 0 aliphatic carbocycles. The number of carbonyl (C=O) groups is 2. The van der Waals surface area contributed by atoms with Crippen molar-refractivity contribution >= 4 is 23.3 Å². The highest BCUT2D eigenvalue weighted by molar-refractivity contribution is 5.93. The number of nitrogens with zero attached hydrogens (tertiary/aromatic N) is 2. The third-order valence-corrected chi connectivity index (χ3v) is 4.30. The number of aromatic nitrogens is 2. The van der Waals surface area contributed by atoms with Gasteiger partial charge in [-0.3, -0.25) is 9.48 Å². The van der Waals surface area contributed by atoms with E-state index in [-0.39, 0.29) is 11.9 Å². The Hall–Kier alpha value is -2.83. The summed E-state index contributed by atoms with van der Waals surface area (Å²) in [6.45, 7) is 9.26. The van der Waals surface area contributed by atoms with Crippen LogP contribution in [0, 0.1) is 19.8 Å². The van der Waals surface area contributed by atoms with Gasteiger partial charge in [0.25, 0.3) is 0 Å². The summed E-state index contributed by atoms with van der Waals surface area (Å²) in [6.07, 6.45) is 1.03. The Morgan fingerprint density at radius 2 is 1.81 bits per heavy atom. The van der Waals surface area contributed by atoms with E-state index in [1.54, 1.807) is 31.3 Å². The molecule has 0 radical (unpaired) electrons. The third kappa shape index (κ3) is 5.84. The predicted molar refractivity (Wildman–Crippen MR) is 108 cm³/mol. The minimum absolute atomic E-state index is 0.0671. The molecule has 0 saturated carbocycles. The van der Waals surface area contributed by atoms with Crippen LogP contribution in [0.1, 0.15) is 37.2 Å². The second-order valence-electron chi connectivity index (χ2n) is 7.06. The zero-order valence-corrected chi connectivity index (χ0v) is 16.7. The van der Waals surface area contributed by atoms with E-state index < -0.39 is 0 Å². The van der Waals surface area contributed by atoms with Crippen LogP contribution in [-0.4, -0.2) is 28.8 Å². The molecule has 2 rings (SSSR count). The molecule has 0 unspecified atom stereocenters. The Kier molecular flexibility index (Phi) is 6.98. The molecule has 1 heterocycles. The Labute approximate surface area is 160 Å². The predicted octanol–water partition coefficient (Wildman–Crippen LogP) is 3.48. The molecule has 0 spiro atoms. The van der Waals surface area contributed by atoms with E-state index in [9.17, 15) is 9.59 Å². The molecule has 0 fully saturated rings. The number of benzene rings is 1. The zero-order chi connectivity index (χ0) is 20.0. The first-order chi connectivity index (χ1) is 12.8. The van der Waals surface area contributed by atoms with E-state index in [0.717, 1.165) is 23.5 Å². The van der Waals surface area contributed by atoms with Crippen LogP contribution in [0.4, 0.5) is 16.2 Å². The van der Waals surface area contributed by atoms with Crippen LogP contribution in [0.2, 0.25) is 0 Å². The van der Waals surface area contributed by atoms with Gasteiger partial charge in [0, 0.05) is 37.1 Å². The van der Waals surface area contributed by atoms with Crippen LogP contribution in [0.15, 0.2) is 24.3 Å². The first-order valence-electron chi connectivity index (χ1n) is 9.21. The first kappa shape index (κ1) is 20.5. The number of carbonyl (C=O) groups excluding carboxylic acids is 2. The summed E-state index contributed by atoms with van der Waals surface area (Å²) in [7, 11) is 1.55. The van der Waals surface area contributed by atoms with Gasteiger partial charge in [0.15, 0.2) is 0 Å². The number of amides is 3. The Morgan fingerprint density at radius 1 is 1.15 bits per heavy atom. The average Bonchev–Trinajstić information content (AvgIpc) is 2.86. The molecule has 0 bridgehead atoms. The summed E-state index contributed by atoms with van der Waals surface area (Å²) in [5.41, 5.74) is 4.52. The van der Waals surface area contributed by atoms with Crippen molar-refractivity contribution in [2.24, 2.45) is 5.92 Å². The van der Waals surface area contributed by atoms with Crippen molar-refractivity contribution in [3.05, 3.63) is 41.2 Å². The van der Waals surface area contributed by atoms with Crippen molar-refractivity contribution in [3.63, 3.8) is 0 Å². The quantitative estimate of drug-likeness (QED) is 0.696. The summed E-state index contributed by atoms with van der Waals surface area (Å²) >= 11 is 0. The van der Waals surface area contributed by atoms with Gasteiger partial charge >= 0.3 is 6.03 Å². The molecular weight excluding hydrogens is 342 g/mol. The molecule has 3 N–H and O–H groups in total. The number of aryl methyl sites for hydroxylation is 1. The lowest BCUT2D eigenvalue weighted by Gasteiger charge is -2.09. The van der Waals surface area contributed by atoms with Gasteiger partial charge < -0.3 is 16.0 Å². The molecule has 7 nitrogen and oxygen atoms in total. The van der Waals surface area contributed by atoms with E-state index >= 15 is 0 Å². The van der Waals surface area contributed by atoms with E-state index in [1.807, 2.05) is 11.6 Å². The summed E-state index contributed by atoms with van der Waals surface area (Å²) in [5.74, 6) is 0.456. The standard InChI is InChI=1S/C20H29N5O2/c1-13(2)12-25-15(4)18(14(3)24-25)9-10-19(26)22-16-7-6-8-17(11-16)23-20(27)21-5/h6-8,11,13H,9-10,12H2,1-5H3,(H,22,26)(H2,21,23,27). The topological polar surface area (TPSA) is 88.1 Å². The molecule has 3 amide bonds. The van der Waals surface area contributed by atoms with Crippen LogP contribution in [0.25, 0.3) is 0 Å². The van der Waals surface area contributed by atoms with E-state index in [4.69, 9.17) is 0 Å². The normalized spacial score (nSPS) is 10.7. The molecular formula is C20H29N5O2. The lowest BCUT2D eigenvalue weighted by atomic mass is 10.1. The molecule has 27 heavy (non-hydrogen) atoms. The van der Waals surface area contributed by atoms with Gasteiger partial charge in [0.2, 0.25) is 5.91 Å². The fraction of sp³-hybridized carbons (Fsp3) is 0.450. The van der Waals surface area contributed by atoms with Crippen molar-refractivity contribution in [3.8, 4) is 0 Å². The highest BCUT2D eigenvalue weighted by atomic mass is 16.2. The maximum Gasteiger partial charge on any atom is 0.318 e.